The number of rotatable bonds is 6. The van der Waals surface area contributed by atoms with Gasteiger partial charge in [0.2, 0.25) is 0 Å². The number of carbonyl (C=O) groups is 3. The van der Waals surface area contributed by atoms with Gasteiger partial charge in [-0.25, -0.2) is 9.59 Å². The van der Waals surface area contributed by atoms with Gasteiger partial charge in [0.25, 0.3) is 0 Å². The smallest absolute Gasteiger partial charge is 0.326 e. The fourth-order valence-electron chi connectivity index (χ4n) is 1.44. The van der Waals surface area contributed by atoms with Crippen LogP contribution in [0.4, 0.5) is 4.79 Å². The minimum absolute atomic E-state index is 0.187. The number of aliphatic carboxylic acids is 2. The second-order valence-electron chi connectivity index (χ2n) is 4.12. The summed E-state index contributed by atoms with van der Waals surface area (Å²) in [6.07, 6.45) is 0.893. The number of amides is 2. The minimum atomic E-state index is -1.47. The van der Waals surface area contributed by atoms with Crippen LogP contribution in [0.5, 0.6) is 0 Å². The fourth-order valence-corrected chi connectivity index (χ4v) is 1.44. The van der Waals surface area contributed by atoms with Crippen molar-refractivity contribution in [2.24, 2.45) is 0 Å². The zero-order valence-electron chi connectivity index (χ0n) is 10.8. The van der Waals surface area contributed by atoms with Gasteiger partial charge in [0.05, 0.1) is 18.7 Å². The molecule has 0 aliphatic rings. The first-order chi connectivity index (χ1) is 9.40. The van der Waals surface area contributed by atoms with E-state index in [1.54, 1.807) is 24.4 Å². The van der Waals surface area contributed by atoms with E-state index in [1.807, 2.05) is 0 Å². The van der Waals surface area contributed by atoms with Gasteiger partial charge < -0.3 is 20.4 Å². The number of urea groups is 1. The topological polar surface area (TPSA) is 120 Å². The van der Waals surface area contributed by atoms with Gasteiger partial charge in [0, 0.05) is 13.2 Å². The average Bonchev–Trinajstić information content (AvgIpc) is 2.38. The van der Waals surface area contributed by atoms with E-state index >= 15 is 0 Å². The van der Waals surface area contributed by atoms with E-state index in [-0.39, 0.29) is 6.54 Å². The molecule has 8 heteroatoms. The van der Waals surface area contributed by atoms with Crippen LogP contribution in [0.15, 0.2) is 24.4 Å². The van der Waals surface area contributed by atoms with Crippen LogP contribution in [0, 0.1) is 0 Å². The van der Waals surface area contributed by atoms with E-state index in [0.29, 0.717) is 5.69 Å². The summed E-state index contributed by atoms with van der Waals surface area (Å²) in [6.45, 7) is 0.187. The van der Waals surface area contributed by atoms with E-state index in [9.17, 15) is 14.4 Å². The average molecular weight is 281 g/mol. The summed E-state index contributed by atoms with van der Waals surface area (Å²) in [5.41, 5.74) is 0.634. The maximum atomic E-state index is 11.8. The Morgan fingerprint density at radius 2 is 2.05 bits per heavy atom. The van der Waals surface area contributed by atoms with Gasteiger partial charge in [-0.15, -0.1) is 0 Å². The number of aromatic nitrogens is 1. The monoisotopic (exact) mass is 281 g/mol. The second kappa shape index (κ2) is 7.07. The summed E-state index contributed by atoms with van der Waals surface area (Å²) in [5, 5.41) is 19.6. The molecular formula is C12H15N3O5. The molecule has 0 fully saturated rings. The van der Waals surface area contributed by atoms with E-state index in [4.69, 9.17) is 10.2 Å². The maximum Gasteiger partial charge on any atom is 0.326 e. The molecule has 0 aliphatic heterocycles. The Morgan fingerprint density at radius 1 is 1.35 bits per heavy atom. The Bertz CT molecular complexity index is 491. The molecule has 8 nitrogen and oxygen atoms in total. The van der Waals surface area contributed by atoms with Crippen LogP contribution in [-0.2, 0) is 16.1 Å². The van der Waals surface area contributed by atoms with E-state index in [1.165, 1.54) is 11.9 Å². The molecule has 0 aromatic carbocycles. The number of pyridine rings is 1. The summed E-state index contributed by atoms with van der Waals surface area (Å²) in [4.78, 5) is 38.4. The fraction of sp³-hybridized carbons (Fsp3) is 0.333. The molecule has 20 heavy (non-hydrogen) atoms. The number of carbonyl (C=O) groups excluding carboxylic acids is 1. The van der Waals surface area contributed by atoms with Crippen molar-refractivity contribution in [3.05, 3.63) is 30.1 Å². The van der Waals surface area contributed by atoms with Crippen molar-refractivity contribution >= 4 is 18.0 Å². The lowest BCUT2D eigenvalue weighted by Crippen LogP contribution is -2.47. The van der Waals surface area contributed by atoms with Crippen molar-refractivity contribution in [3.63, 3.8) is 0 Å². The zero-order chi connectivity index (χ0) is 15.1. The first kappa shape index (κ1) is 15.4. The predicted molar refractivity (Wildman–Crippen MR) is 67.9 cm³/mol. The SMILES string of the molecule is CN(Cc1ccccn1)C(=O)NC(CC(=O)O)C(=O)O. The Labute approximate surface area is 115 Å². The molecule has 1 unspecified atom stereocenters. The number of hydrogen-bond acceptors (Lipinski definition) is 4. The molecule has 1 heterocycles. The molecule has 108 valence electrons. The first-order valence-corrected chi connectivity index (χ1v) is 5.76. The third kappa shape index (κ3) is 4.92. The van der Waals surface area contributed by atoms with Crippen LogP contribution in [0.3, 0.4) is 0 Å². The zero-order valence-corrected chi connectivity index (χ0v) is 10.8. The number of carboxylic acid groups (broad SMARTS) is 2. The highest BCUT2D eigenvalue weighted by molar-refractivity contribution is 5.86. The van der Waals surface area contributed by atoms with Crippen LogP contribution in [-0.4, -0.2) is 51.2 Å². The van der Waals surface area contributed by atoms with E-state index < -0.39 is 30.4 Å². The molecule has 1 aromatic heterocycles. The van der Waals surface area contributed by atoms with Crippen molar-refractivity contribution in [1.29, 1.82) is 0 Å². The standard InChI is InChI=1S/C12H15N3O5/c1-15(7-8-4-2-3-5-13-8)12(20)14-9(11(18)19)6-10(16)17/h2-5,9H,6-7H2,1H3,(H,14,20)(H,16,17)(H,18,19). The van der Waals surface area contributed by atoms with Crippen molar-refractivity contribution in [2.75, 3.05) is 7.05 Å². The van der Waals surface area contributed by atoms with Crippen molar-refractivity contribution in [1.82, 2.24) is 15.2 Å². The van der Waals surface area contributed by atoms with Gasteiger partial charge in [-0.05, 0) is 12.1 Å². The van der Waals surface area contributed by atoms with Crippen LogP contribution in [0.1, 0.15) is 12.1 Å². The molecule has 1 aromatic rings. The molecular weight excluding hydrogens is 266 g/mol. The highest BCUT2D eigenvalue weighted by Gasteiger charge is 2.24. The summed E-state index contributed by atoms with van der Waals surface area (Å²) in [6, 6.07) is 3.07. The highest BCUT2D eigenvalue weighted by atomic mass is 16.4. The predicted octanol–water partition coefficient (Wildman–Crippen LogP) is 0.151. The van der Waals surface area contributed by atoms with E-state index in [0.717, 1.165) is 0 Å². The lowest BCUT2D eigenvalue weighted by molar-refractivity contribution is -0.145. The van der Waals surface area contributed by atoms with E-state index in [2.05, 4.69) is 10.3 Å². The summed E-state index contributed by atoms with van der Waals surface area (Å²) in [7, 11) is 1.46. The quantitative estimate of drug-likeness (QED) is 0.682. The number of nitrogens with zero attached hydrogens (tertiary/aromatic N) is 2. The third-order valence-electron chi connectivity index (χ3n) is 2.45. The number of hydrogen-bond donors (Lipinski definition) is 3. The lowest BCUT2D eigenvalue weighted by Gasteiger charge is -2.20. The first-order valence-electron chi connectivity index (χ1n) is 5.76. The molecule has 0 saturated carbocycles. The second-order valence-corrected chi connectivity index (χ2v) is 4.12. The van der Waals surface area contributed by atoms with Gasteiger partial charge in [0.1, 0.15) is 6.04 Å². The van der Waals surface area contributed by atoms with Gasteiger partial charge in [0.15, 0.2) is 0 Å². The molecule has 0 aliphatic carbocycles. The normalized spacial score (nSPS) is 11.4. The number of carboxylic acids is 2. The van der Waals surface area contributed by atoms with Crippen molar-refractivity contribution < 1.29 is 24.6 Å². The molecule has 1 atom stereocenters. The summed E-state index contributed by atoms with van der Waals surface area (Å²) < 4.78 is 0. The molecule has 0 spiro atoms. The Kier molecular flexibility index (Phi) is 5.45. The largest absolute Gasteiger partial charge is 0.481 e. The van der Waals surface area contributed by atoms with Gasteiger partial charge in [-0.1, -0.05) is 6.07 Å². The molecule has 0 radical (unpaired) electrons. The molecule has 0 bridgehead atoms. The number of nitrogens with one attached hydrogen (secondary N) is 1. The van der Waals surface area contributed by atoms with Crippen LogP contribution in [0.25, 0.3) is 0 Å². The molecule has 2 amide bonds. The van der Waals surface area contributed by atoms with Gasteiger partial charge in [-0.3, -0.25) is 9.78 Å². The molecule has 3 N–H and O–H groups in total. The van der Waals surface area contributed by atoms with Crippen LogP contribution < -0.4 is 5.32 Å². The van der Waals surface area contributed by atoms with Crippen LogP contribution in [0.2, 0.25) is 0 Å². The van der Waals surface area contributed by atoms with Gasteiger partial charge >= 0.3 is 18.0 Å². The van der Waals surface area contributed by atoms with Crippen molar-refractivity contribution in [3.8, 4) is 0 Å². The summed E-state index contributed by atoms with van der Waals surface area (Å²) in [5.74, 6) is -2.70. The minimum Gasteiger partial charge on any atom is -0.481 e. The van der Waals surface area contributed by atoms with Gasteiger partial charge in [-0.2, -0.15) is 0 Å². The Hall–Kier alpha value is -2.64. The van der Waals surface area contributed by atoms with Crippen molar-refractivity contribution in [2.45, 2.75) is 19.0 Å². The highest BCUT2D eigenvalue weighted by Crippen LogP contribution is 2.01. The third-order valence-corrected chi connectivity index (χ3v) is 2.45. The maximum absolute atomic E-state index is 11.8. The Morgan fingerprint density at radius 3 is 2.55 bits per heavy atom. The summed E-state index contributed by atoms with van der Waals surface area (Å²) >= 11 is 0. The molecule has 0 saturated heterocycles. The molecule has 1 rings (SSSR count). The lowest BCUT2D eigenvalue weighted by atomic mass is 10.2. The Balaban J connectivity index is 2.59. The van der Waals surface area contributed by atoms with Crippen LogP contribution >= 0.6 is 0 Å².